The minimum Gasteiger partial charge on any atom is -0.468 e. The van der Waals surface area contributed by atoms with Crippen LogP contribution in [0.5, 0.6) is 0 Å². The van der Waals surface area contributed by atoms with Crippen molar-refractivity contribution in [3.8, 4) is 0 Å². The van der Waals surface area contributed by atoms with Crippen molar-refractivity contribution >= 4 is 11.9 Å². The van der Waals surface area contributed by atoms with Crippen molar-refractivity contribution < 1.29 is 14.3 Å². The zero-order chi connectivity index (χ0) is 15.2. The fourth-order valence-corrected chi connectivity index (χ4v) is 1.53. The van der Waals surface area contributed by atoms with Crippen molar-refractivity contribution in [1.82, 2.24) is 10.6 Å². The second-order valence-corrected chi connectivity index (χ2v) is 5.86. The summed E-state index contributed by atoms with van der Waals surface area (Å²) < 4.78 is 4.74. The molecule has 0 aliphatic heterocycles. The summed E-state index contributed by atoms with van der Waals surface area (Å²) in [4.78, 5) is 23.7. The standard InChI is InChI=1S/C14H28N2O3/c1-8-14(5,6)16-12(17)10(4)15-11(9(2)3)13(18)19-7/h9-11,15H,8H2,1-7H3,(H,16,17). The molecule has 0 heterocycles. The quantitative estimate of drug-likeness (QED) is 0.689. The van der Waals surface area contributed by atoms with Crippen LogP contribution in [0.15, 0.2) is 0 Å². The maximum absolute atomic E-state index is 12.1. The first-order valence-corrected chi connectivity index (χ1v) is 6.80. The Balaban J connectivity index is 4.61. The van der Waals surface area contributed by atoms with Crippen LogP contribution < -0.4 is 10.6 Å². The Morgan fingerprint density at radius 1 is 1.21 bits per heavy atom. The molecular formula is C14H28N2O3. The Morgan fingerprint density at radius 3 is 2.11 bits per heavy atom. The third-order valence-electron chi connectivity index (χ3n) is 3.29. The molecule has 0 spiro atoms. The van der Waals surface area contributed by atoms with Gasteiger partial charge in [-0.3, -0.25) is 14.9 Å². The van der Waals surface area contributed by atoms with E-state index in [2.05, 4.69) is 10.6 Å². The van der Waals surface area contributed by atoms with E-state index in [-0.39, 0.29) is 23.3 Å². The van der Waals surface area contributed by atoms with Crippen LogP contribution in [0, 0.1) is 5.92 Å². The van der Waals surface area contributed by atoms with Gasteiger partial charge in [-0.25, -0.2) is 0 Å². The molecule has 0 fully saturated rings. The van der Waals surface area contributed by atoms with Crippen LogP contribution in [0.1, 0.15) is 48.0 Å². The predicted octanol–water partition coefficient (Wildman–Crippen LogP) is 1.47. The molecule has 0 bridgehead atoms. The summed E-state index contributed by atoms with van der Waals surface area (Å²) >= 11 is 0. The normalized spacial score (nSPS) is 14.9. The zero-order valence-corrected chi connectivity index (χ0v) is 13.2. The Labute approximate surface area is 116 Å². The molecular weight excluding hydrogens is 244 g/mol. The summed E-state index contributed by atoms with van der Waals surface area (Å²) in [6.07, 6.45) is 0.843. The lowest BCUT2D eigenvalue weighted by atomic mass is 10.0. The van der Waals surface area contributed by atoms with E-state index < -0.39 is 12.1 Å². The number of hydrogen-bond acceptors (Lipinski definition) is 4. The maximum atomic E-state index is 12.1. The molecule has 19 heavy (non-hydrogen) atoms. The molecule has 1 amide bonds. The largest absolute Gasteiger partial charge is 0.468 e. The van der Waals surface area contributed by atoms with E-state index in [4.69, 9.17) is 4.74 Å². The number of rotatable bonds is 7. The Kier molecular flexibility index (Phi) is 7.05. The molecule has 0 aromatic rings. The van der Waals surface area contributed by atoms with E-state index in [1.807, 2.05) is 34.6 Å². The monoisotopic (exact) mass is 272 g/mol. The highest BCUT2D eigenvalue weighted by molar-refractivity contribution is 5.83. The first-order valence-electron chi connectivity index (χ1n) is 6.80. The molecule has 112 valence electrons. The van der Waals surface area contributed by atoms with Gasteiger partial charge in [-0.2, -0.15) is 0 Å². The summed E-state index contributed by atoms with van der Waals surface area (Å²) in [5.74, 6) is -0.396. The highest BCUT2D eigenvalue weighted by atomic mass is 16.5. The number of nitrogens with one attached hydrogen (secondary N) is 2. The molecule has 0 aliphatic rings. The minimum atomic E-state index is -0.476. The molecule has 5 heteroatoms. The van der Waals surface area contributed by atoms with Crippen LogP contribution in [0.3, 0.4) is 0 Å². The van der Waals surface area contributed by atoms with Gasteiger partial charge in [0.1, 0.15) is 6.04 Å². The van der Waals surface area contributed by atoms with Crippen LogP contribution in [0.25, 0.3) is 0 Å². The lowest BCUT2D eigenvalue weighted by Crippen LogP contribution is -2.55. The number of methoxy groups -OCH3 is 1. The number of ether oxygens (including phenoxy) is 1. The third-order valence-corrected chi connectivity index (χ3v) is 3.29. The molecule has 0 aliphatic carbocycles. The van der Waals surface area contributed by atoms with Crippen LogP contribution in [0.4, 0.5) is 0 Å². The van der Waals surface area contributed by atoms with Crippen molar-refractivity contribution in [2.75, 3.05) is 7.11 Å². The number of carbonyl (C=O) groups excluding carboxylic acids is 2. The van der Waals surface area contributed by atoms with Gasteiger partial charge in [-0.05, 0) is 33.1 Å². The van der Waals surface area contributed by atoms with E-state index in [0.717, 1.165) is 6.42 Å². The second-order valence-electron chi connectivity index (χ2n) is 5.86. The number of carbonyl (C=O) groups is 2. The van der Waals surface area contributed by atoms with E-state index >= 15 is 0 Å². The molecule has 5 nitrogen and oxygen atoms in total. The Morgan fingerprint density at radius 2 is 1.74 bits per heavy atom. The minimum absolute atomic E-state index is 0.0573. The average Bonchev–Trinajstić information content (AvgIpc) is 2.33. The first kappa shape index (κ1) is 17.9. The average molecular weight is 272 g/mol. The van der Waals surface area contributed by atoms with Gasteiger partial charge in [-0.1, -0.05) is 20.8 Å². The fourth-order valence-electron chi connectivity index (χ4n) is 1.53. The van der Waals surface area contributed by atoms with Gasteiger partial charge in [0, 0.05) is 5.54 Å². The smallest absolute Gasteiger partial charge is 0.323 e. The van der Waals surface area contributed by atoms with Crippen molar-refractivity contribution in [2.45, 2.75) is 65.6 Å². The third kappa shape index (κ3) is 6.05. The SMILES string of the molecule is CCC(C)(C)NC(=O)C(C)NC(C(=O)OC)C(C)C. The molecule has 0 aromatic carbocycles. The summed E-state index contributed by atoms with van der Waals surface area (Å²) in [6.45, 7) is 11.5. The molecule has 0 aromatic heterocycles. The van der Waals surface area contributed by atoms with Crippen molar-refractivity contribution in [3.05, 3.63) is 0 Å². The summed E-state index contributed by atoms with van der Waals surface area (Å²) in [7, 11) is 1.35. The Bertz CT molecular complexity index is 314. The molecule has 2 unspecified atom stereocenters. The van der Waals surface area contributed by atoms with Crippen LogP contribution in [-0.2, 0) is 14.3 Å². The van der Waals surface area contributed by atoms with E-state index in [0.29, 0.717) is 0 Å². The van der Waals surface area contributed by atoms with Crippen LogP contribution in [-0.4, -0.2) is 36.6 Å². The van der Waals surface area contributed by atoms with Gasteiger partial charge in [-0.15, -0.1) is 0 Å². The van der Waals surface area contributed by atoms with Crippen molar-refractivity contribution in [1.29, 1.82) is 0 Å². The lowest BCUT2D eigenvalue weighted by Gasteiger charge is -2.29. The van der Waals surface area contributed by atoms with Gasteiger partial charge in [0.05, 0.1) is 13.2 Å². The van der Waals surface area contributed by atoms with E-state index in [1.165, 1.54) is 7.11 Å². The van der Waals surface area contributed by atoms with Crippen LogP contribution >= 0.6 is 0 Å². The Hall–Kier alpha value is -1.10. The van der Waals surface area contributed by atoms with Crippen LogP contribution in [0.2, 0.25) is 0 Å². The number of amides is 1. The highest BCUT2D eigenvalue weighted by Gasteiger charge is 2.28. The van der Waals surface area contributed by atoms with Gasteiger partial charge >= 0.3 is 5.97 Å². The van der Waals surface area contributed by atoms with E-state index in [1.54, 1.807) is 6.92 Å². The molecule has 2 N–H and O–H groups in total. The zero-order valence-electron chi connectivity index (χ0n) is 13.2. The van der Waals surface area contributed by atoms with Crippen molar-refractivity contribution in [2.24, 2.45) is 5.92 Å². The highest BCUT2D eigenvalue weighted by Crippen LogP contribution is 2.09. The topological polar surface area (TPSA) is 67.4 Å². The summed E-state index contributed by atoms with van der Waals surface area (Å²) in [6, 6.07) is -0.923. The van der Waals surface area contributed by atoms with Crippen molar-refractivity contribution in [3.63, 3.8) is 0 Å². The fraction of sp³-hybridized carbons (Fsp3) is 0.857. The van der Waals surface area contributed by atoms with Gasteiger partial charge in [0.2, 0.25) is 5.91 Å². The number of hydrogen-bond donors (Lipinski definition) is 2. The maximum Gasteiger partial charge on any atom is 0.323 e. The second kappa shape index (κ2) is 7.48. The first-order chi connectivity index (χ1) is 8.64. The van der Waals surface area contributed by atoms with Gasteiger partial charge in [0.15, 0.2) is 0 Å². The number of esters is 1. The molecule has 0 saturated heterocycles. The molecule has 0 rings (SSSR count). The van der Waals surface area contributed by atoms with Gasteiger partial charge < -0.3 is 10.1 Å². The summed E-state index contributed by atoms with van der Waals surface area (Å²) in [5.41, 5.74) is -0.244. The van der Waals surface area contributed by atoms with E-state index in [9.17, 15) is 9.59 Å². The van der Waals surface area contributed by atoms with Gasteiger partial charge in [0.25, 0.3) is 0 Å². The lowest BCUT2D eigenvalue weighted by molar-refractivity contribution is -0.144. The predicted molar refractivity (Wildman–Crippen MR) is 75.8 cm³/mol. The molecule has 2 atom stereocenters. The summed E-state index contributed by atoms with van der Waals surface area (Å²) in [5, 5.41) is 5.98. The molecule has 0 saturated carbocycles. The molecule has 0 radical (unpaired) electrons.